The molecule has 3 amide bonds. The second-order valence-electron chi connectivity index (χ2n) is 7.51. The molecule has 0 aromatic heterocycles. The maximum Gasteiger partial charge on any atom is 0.345 e. The maximum absolute atomic E-state index is 12.5. The van der Waals surface area contributed by atoms with E-state index in [2.05, 4.69) is 28.6 Å². The summed E-state index contributed by atoms with van der Waals surface area (Å²) >= 11 is 5.75. The van der Waals surface area contributed by atoms with Gasteiger partial charge in [0.25, 0.3) is 5.91 Å². The Hall–Kier alpha value is -0.720. The van der Waals surface area contributed by atoms with Gasteiger partial charge in [-0.2, -0.15) is 16.8 Å². The molecule has 4 rings (SSSR count). The minimum absolute atomic E-state index is 0.0345. The van der Waals surface area contributed by atoms with E-state index in [1.165, 1.54) is 21.5 Å². The van der Waals surface area contributed by atoms with Gasteiger partial charge in [0.2, 0.25) is 0 Å². The number of thioether (sulfide) groups is 1. The molecule has 0 aromatic carbocycles. The van der Waals surface area contributed by atoms with Crippen molar-refractivity contribution in [2.24, 2.45) is 0 Å². The molecule has 9 nitrogen and oxygen atoms in total. The number of piperidine rings is 1. The van der Waals surface area contributed by atoms with E-state index < -0.39 is 6.04 Å². The smallest absolute Gasteiger partial charge is 0.310 e. The van der Waals surface area contributed by atoms with Crippen LogP contribution in [0.2, 0.25) is 0 Å². The molecule has 27 heavy (non-hydrogen) atoms. The molecule has 2 unspecified atom stereocenters. The summed E-state index contributed by atoms with van der Waals surface area (Å²) in [5, 5.41) is 4.72. The zero-order valence-corrected chi connectivity index (χ0v) is 16.9. The van der Waals surface area contributed by atoms with E-state index >= 15 is 0 Å². The van der Waals surface area contributed by atoms with Gasteiger partial charge < -0.3 is 10.2 Å². The molecule has 0 radical (unpaired) electrons. The summed E-state index contributed by atoms with van der Waals surface area (Å²) in [4.78, 5) is 34.3. The van der Waals surface area contributed by atoms with Crippen LogP contribution in [0, 0.1) is 0 Å². The van der Waals surface area contributed by atoms with Crippen molar-refractivity contribution < 1.29 is 18.7 Å². The highest BCUT2D eigenvalue weighted by Crippen LogP contribution is 2.30. The number of thiol groups is 1. The van der Waals surface area contributed by atoms with E-state index in [1.807, 2.05) is 11.8 Å². The van der Waals surface area contributed by atoms with Crippen molar-refractivity contribution >= 4 is 36.6 Å². The lowest BCUT2D eigenvalue weighted by Gasteiger charge is -2.31. The largest absolute Gasteiger partial charge is 0.345 e. The highest BCUT2D eigenvalue weighted by molar-refractivity contribution is 7.99. The Balaban J connectivity index is 1.20. The minimum atomic E-state index is -0.516. The molecule has 152 valence electrons. The lowest BCUT2D eigenvalue weighted by atomic mass is 10.0. The van der Waals surface area contributed by atoms with E-state index in [-0.39, 0.29) is 24.0 Å². The predicted molar refractivity (Wildman–Crippen MR) is 104 cm³/mol. The lowest BCUT2D eigenvalue weighted by molar-refractivity contribution is -0.139. The Morgan fingerprint density at radius 1 is 1.30 bits per heavy atom. The van der Waals surface area contributed by atoms with Crippen molar-refractivity contribution in [2.75, 3.05) is 44.3 Å². The van der Waals surface area contributed by atoms with E-state index in [1.54, 1.807) is 0 Å². The van der Waals surface area contributed by atoms with Crippen molar-refractivity contribution in [3.63, 3.8) is 0 Å². The number of nitrogens with zero attached hydrogens (tertiary/aromatic N) is 3. The van der Waals surface area contributed by atoms with Gasteiger partial charge in [-0.05, 0) is 19.3 Å². The Labute approximate surface area is 169 Å². The molecule has 4 fully saturated rings. The number of hydrogen-bond acceptors (Lipinski definition) is 8. The summed E-state index contributed by atoms with van der Waals surface area (Å²) in [7, 11) is 0. The summed E-state index contributed by atoms with van der Waals surface area (Å²) < 4.78 is 4.83. The zero-order valence-electron chi connectivity index (χ0n) is 15.2. The molecular formula is C16H27N5O4S2. The van der Waals surface area contributed by atoms with Crippen LogP contribution in [0.15, 0.2) is 0 Å². The van der Waals surface area contributed by atoms with Gasteiger partial charge in [0.05, 0.1) is 12.6 Å². The molecule has 2 bridgehead atoms. The second kappa shape index (κ2) is 8.75. The lowest BCUT2D eigenvalue weighted by Crippen LogP contribution is -2.50. The molecule has 11 heteroatoms. The van der Waals surface area contributed by atoms with Gasteiger partial charge in [0, 0.05) is 62.7 Å². The Morgan fingerprint density at radius 2 is 2.11 bits per heavy atom. The van der Waals surface area contributed by atoms with Gasteiger partial charge in [-0.1, -0.05) is 0 Å². The van der Waals surface area contributed by atoms with Crippen LogP contribution < -0.4 is 10.8 Å². The molecule has 4 aliphatic heterocycles. The Bertz CT molecular complexity index is 565. The predicted octanol–water partition coefficient (Wildman–Crippen LogP) is -0.141. The normalized spacial score (nSPS) is 34.3. The fraction of sp³-hybridized carbons (Fsp3) is 0.875. The van der Waals surface area contributed by atoms with Crippen LogP contribution in [0.3, 0.4) is 0 Å². The quantitative estimate of drug-likeness (QED) is 0.315. The van der Waals surface area contributed by atoms with Crippen LogP contribution in [0.4, 0.5) is 4.79 Å². The van der Waals surface area contributed by atoms with Crippen molar-refractivity contribution in [1.82, 2.24) is 25.7 Å². The SMILES string of the molecule is O=C(NOC[C@H]1C[C@@H](N2CCSCC2)CN1)C1CCC2CN1C(=O)N2OS. The number of rotatable bonds is 6. The molecule has 4 saturated heterocycles. The summed E-state index contributed by atoms with van der Waals surface area (Å²) in [5.74, 6) is 2.15. The monoisotopic (exact) mass is 417 g/mol. The standard InChI is InChI=1S/C16H27N5O4S2/c22-15(14-2-1-12-9-20(14)16(23)21(12)25-26)18-24-10-11-7-13(8-17-11)19-3-5-27-6-4-19/h11-14,17,26H,1-10H2,(H,18,22)/t11-,12?,13-,14?/m1/s1. The third-order valence-electron chi connectivity index (χ3n) is 5.93. The Kier molecular flexibility index (Phi) is 6.35. The third-order valence-corrected chi connectivity index (χ3v) is 7.05. The molecule has 0 aromatic rings. The van der Waals surface area contributed by atoms with Crippen LogP contribution in [-0.2, 0) is 13.9 Å². The highest BCUT2D eigenvalue weighted by Gasteiger charge is 2.48. The number of carbonyl (C=O) groups excluding carboxylic acids is 2. The number of carbonyl (C=O) groups is 2. The van der Waals surface area contributed by atoms with Gasteiger partial charge in [0.1, 0.15) is 6.04 Å². The van der Waals surface area contributed by atoms with Crippen molar-refractivity contribution in [3.8, 4) is 0 Å². The summed E-state index contributed by atoms with van der Waals surface area (Å²) in [5.41, 5.74) is 2.54. The van der Waals surface area contributed by atoms with E-state index in [0.717, 1.165) is 26.1 Å². The molecule has 0 aliphatic carbocycles. The van der Waals surface area contributed by atoms with Crippen molar-refractivity contribution in [1.29, 1.82) is 0 Å². The first-order valence-corrected chi connectivity index (χ1v) is 11.1. The first-order chi connectivity index (χ1) is 13.2. The van der Waals surface area contributed by atoms with Gasteiger partial charge in [-0.3, -0.25) is 14.5 Å². The minimum Gasteiger partial charge on any atom is -0.310 e. The fourth-order valence-corrected chi connectivity index (χ4v) is 5.57. The summed E-state index contributed by atoms with van der Waals surface area (Å²) in [6.07, 6.45) is 2.33. The Morgan fingerprint density at radius 3 is 2.89 bits per heavy atom. The average molecular weight is 418 g/mol. The molecule has 0 spiro atoms. The van der Waals surface area contributed by atoms with Crippen LogP contribution >= 0.6 is 24.7 Å². The van der Waals surface area contributed by atoms with Gasteiger partial charge in [-0.25, -0.2) is 14.6 Å². The van der Waals surface area contributed by atoms with Gasteiger partial charge >= 0.3 is 6.03 Å². The topological polar surface area (TPSA) is 86.4 Å². The van der Waals surface area contributed by atoms with E-state index in [4.69, 9.17) is 9.12 Å². The van der Waals surface area contributed by atoms with Crippen molar-refractivity contribution in [2.45, 2.75) is 43.4 Å². The van der Waals surface area contributed by atoms with Crippen molar-refractivity contribution in [3.05, 3.63) is 0 Å². The molecule has 2 N–H and O–H groups in total. The number of amides is 3. The molecular weight excluding hydrogens is 390 g/mol. The molecule has 4 aliphatic rings. The molecule has 4 atom stereocenters. The highest BCUT2D eigenvalue weighted by atomic mass is 32.2. The van der Waals surface area contributed by atoms with Crippen LogP contribution in [0.5, 0.6) is 0 Å². The second-order valence-corrected chi connectivity index (χ2v) is 8.90. The van der Waals surface area contributed by atoms with Gasteiger partial charge in [-0.15, -0.1) is 0 Å². The van der Waals surface area contributed by atoms with Crippen LogP contribution in [0.25, 0.3) is 0 Å². The number of urea groups is 1. The van der Waals surface area contributed by atoms with Crippen LogP contribution in [-0.4, -0.2) is 95.3 Å². The first kappa shape index (κ1) is 19.6. The average Bonchev–Trinajstić information content (AvgIpc) is 3.26. The number of fused-ring (bicyclic) bond motifs is 2. The number of hydrogen-bond donors (Lipinski definition) is 3. The van der Waals surface area contributed by atoms with Crippen LogP contribution in [0.1, 0.15) is 19.3 Å². The maximum atomic E-state index is 12.5. The summed E-state index contributed by atoms with van der Waals surface area (Å²) in [6, 6.07) is -0.0696. The fourth-order valence-electron chi connectivity index (χ4n) is 4.44. The number of hydroxylamine groups is 3. The zero-order chi connectivity index (χ0) is 18.8. The first-order valence-electron chi connectivity index (χ1n) is 9.55. The molecule has 0 saturated carbocycles. The third kappa shape index (κ3) is 4.18. The van der Waals surface area contributed by atoms with E-state index in [0.29, 0.717) is 32.0 Å². The molecule has 4 heterocycles. The van der Waals surface area contributed by atoms with Gasteiger partial charge in [0.15, 0.2) is 0 Å². The van der Waals surface area contributed by atoms with E-state index in [9.17, 15) is 9.59 Å². The summed E-state index contributed by atoms with van der Waals surface area (Å²) in [6.45, 7) is 4.19. The number of nitrogens with one attached hydrogen (secondary N) is 2.